The molecular formula is C30H28F8N6O2S. The first-order chi connectivity index (χ1) is 21.9. The Morgan fingerprint density at radius 2 is 1.68 bits per heavy atom. The standard InChI is InChI=1S/C30H28F8N6O2S/c31-21-14-20(16-41-17-21)26(28(45)42-22-7-10-30(32,33)11-8-22)44(23-3-5-24(6-4-23)47(34,35,36,37)38)29(46)27-25(9-13-43(27)18-39)19-2-1-12-40-15-19/h1-6,12,14-17,22,25-27H,7-11,13H2,(H,42,45)/t25?,26?,27-/m1/s1. The van der Waals surface area contributed by atoms with E-state index in [1.54, 1.807) is 12.1 Å². The van der Waals surface area contributed by atoms with E-state index in [1.165, 1.54) is 12.4 Å². The summed E-state index contributed by atoms with van der Waals surface area (Å²) in [6, 6.07) is 1.32. The lowest BCUT2D eigenvalue weighted by Gasteiger charge is -2.41. The summed E-state index contributed by atoms with van der Waals surface area (Å²) in [6.07, 6.45) is 5.53. The Morgan fingerprint density at radius 1 is 1.00 bits per heavy atom. The maximum Gasteiger partial charge on any atom is 0.310 e. The number of rotatable bonds is 8. The van der Waals surface area contributed by atoms with Gasteiger partial charge in [-0.1, -0.05) is 25.5 Å². The highest BCUT2D eigenvalue weighted by Crippen LogP contribution is 3.02. The molecule has 252 valence electrons. The molecule has 3 atom stereocenters. The topological polar surface area (TPSA) is 102 Å². The molecule has 1 saturated carbocycles. The molecule has 2 aromatic heterocycles. The molecule has 3 heterocycles. The average Bonchev–Trinajstić information content (AvgIpc) is 3.44. The van der Waals surface area contributed by atoms with Gasteiger partial charge in [0, 0.05) is 61.2 Å². The van der Waals surface area contributed by atoms with Crippen LogP contribution in [0.1, 0.15) is 55.2 Å². The molecule has 3 aromatic rings. The van der Waals surface area contributed by atoms with Crippen LogP contribution in [0.3, 0.4) is 0 Å². The molecule has 0 radical (unpaired) electrons. The molecule has 1 aromatic carbocycles. The van der Waals surface area contributed by atoms with E-state index in [4.69, 9.17) is 0 Å². The van der Waals surface area contributed by atoms with Gasteiger partial charge in [-0.2, -0.15) is 5.26 Å². The van der Waals surface area contributed by atoms with Crippen LogP contribution in [-0.4, -0.2) is 51.2 Å². The fraction of sp³-hybridized carbons (Fsp3) is 0.367. The molecule has 47 heavy (non-hydrogen) atoms. The molecule has 1 saturated heterocycles. The number of alkyl halides is 2. The number of carbonyl (C=O) groups excluding carboxylic acids is 2. The van der Waals surface area contributed by atoms with Gasteiger partial charge in [-0.15, -0.1) is 0 Å². The molecule has 1 aliphatic carbocycles. The minimum atomic E-state index is -10.2. The highest BCUT2D eigenvalue weighted by molar-refractivity contribution is 8.45. The number of amides is 2. The van der Waals surface area contributed by atoms with Gasteiger partial charge >= 0.3 is 10.2 Å². The molecule has 17 heteroatoms. The Bertz CT molecular complexity index is 1680. The van der Waals surface area contributed by atoms with E-state index in [1.807, 2.05) is 6.19 Å². The number of hydrogen-bond donors (Lipinski definition) is 1. The van der Waals surface area contributed by atoms with Gasteiger partial charge in [0.2, 0.25) is 11.8 Å². The molecule has 1 N–H and O–H groups in total. The third-order valence-electron chi connectivity index (χ3n) is 8.30. The summed E-state index contributed by atoms with van der Waals surface area (Å²) in [5.41, 5.74) is -0.195. The molecule has 2 aliphatic rings. The van der Waals surface area contributed by atoms with Crippen molar-refractivity contribution < 1.29 is 42.2 Å². The molecule has 2 unspecified atom stereocenters. The van der Waals surface area contributed by atoms with Crippen LogP contribution in [0.15, 0.2) is 72.1 Å². The lowest BCUT2D eigenvalue weighted by molar-refractivity contribution is -0.129. The van der Waals surface area contributed by atoms with E-state index in [2.05, 4.69) is 15.3 Å². The predicted octanol–water partition coefficient (Wildman–Crippen LogP) is 7.38. The minimum absolute atomic E-state index is 0.0640. The lowest BCUT2D eigenvalue weighted by atomic mass is 9.90. The number of aromatic nitrogens is 2. The monoisotopic (exact) mass is 688 g/mol. The van der Waals surface area contributed by atoms with Crippen molar-refractivity contribution in [2.75, 3.05) is 11.4 Å². The zero-order chi connectivity index (χ0) is 34.3. The summed E-state index contributed by atoms with van der Waals surface area (Å²) in [5, 5.41) is 12.5. The molecule has 5 rings (SSSR count). The summed E-state index contributed by atoms with van der Waals surface area (Å²) in [4.78, 5) is 36.0. The Kier molecular flexibility index (Phi) is 8.40. The van der Waals surface area contributed by atoms with Gasteiger partial charge in [-0.3, -0.25) is 29.4 Å². The fourth-order valence-corrected chi connectivity index (χ4v) is 6.67. The second kappa shape index (κ2) is 11.7. The van der Waals surface area contributed by atoms with Crippen molar-refractivity contribution in [1.82, 2.24) is 20.2 Å². The number of nitrogens with one attached hydrogen (secondary N) is 1. The molecule has 2 amide bonds. The van der Waals surface area contributed by atoms with Crippen molar-refractivity contribution in [3.05, 3.63) is 84.2 Å². The van der Waals surface area contributed by atoms with Crippen molar-refractivity contribution in [1.29, 1.82) is 5.26 Å². The molecular weight excluding hydrogens is 660 g/mol. The van der Waals surface area contributed by atoms with Gasteiger partial charge in [0.15, 0.2) is 6.19 Å². The number of pyridine rings is 2. The van der Waals surface area contributed by atoms with Gasteiger partial charge in [-0.25, -0.2) is 13.2 Å². The molecule has 0 spiro atoms. The van der Waals surface area contributed by atoms with Crippen LogP contribution in [0.25, 0.3) is 0 Å². The van der Waals surface area contributed by atoms with Crippen molar-refractivity contribution in [2.45, 2.75) is 67.0 Å². The van der Waals surface area contributed by atoms with Crippen LogP contribution in [0, 0.1) is 17.3 Å². The lowest BCUT2D eigenvalue weighted by Crippen LogP contribution is -2.53. The smallest absolute Gasteiger partial charge is 0.310 e. The largest absolute Gasteiger partial charge is 0.351 e. The van der Waals surface area contributed by atoms with Gasteiger partial charge in [-0.05, 0) is 61.2 Å². The number of likely N-dealkylation sites (tertiary alicyclic amines) is 1. The average molecular weight is 689 g/mol. The summed E-state index contributed by atoms with van der Waals surface area (Å²) in [5.74, 6) is -6.63. The van der Waals surface area contributed by atoms with E-state index in [0.717, 1.165) is 23.4 Å². The number of nitriles is 1. The first-order valence-corrected chi connectivity index (χ1v) is 16.3. The maximum absolute atomic E-state index is 14.6. The molecule has 8 nitrogen and oxygen atoms in total. The van der Waals surface area contributed by atoms with Crippen LogP contribution in [-0.2, 0) is 9.59 Å². The fourth-order valence-electron chi connectivity index (χ4n) is 6.02. The SMILES string of the molecule is N#CN1CCC(c2cccnc2)[C@@H]1C(=O)N(c1ccc(S(F)(F)(F)(F)F)cc1)C(C(=O)NC1CCC(F)(F)CC1)c1cncc(F)c1. The third-order valence-corrected chi connectivity index (χ3v) is 9.46. The van der Waals surface area contributed by atoms with Crippen molar-refractivity contribution in [3.63, 3.8) is 0 Å². The zero-order valence-corrected chi connectivity index (χ0v) is 25.2. The maximum atomic E-state index is 14.6. The normalized spacial score (nSPS) is 22.0. The predicted molar refractivity (Wildman–Crippen MR) is 155 cm³/mol. The first kappa shape index (κ1) is 33.9. The molecule has 1 aliphatic heterocycles. The summed E-state index contributed by atoms with van der Waals surface area (Å²) in [7, 11) is -10.2. The van der Waals surface area contributed by atoms with E-state index in [9.17, 15) is 47.5 Å². The molecule has 0 bridgehead atoms. The summed E-state index contributed by atoms with van der Waals surface area (Å²) in [6.45, 7) is 0.0676. The van der Waals surface area contributed by atoms with Crippen LogP contribution in [0.2, 0.25) is 0 Å². The zero-order valence-electron chi connectivity index (χ0n) is 24.4. The number of carbonyl (C=O) groups is 2. The van der Waals surface area contributed by atoms with Crippen LogP contribution in [0.4, 0.5) is 38.3 Å². The van der Waals surface area contributed by atoms with Crippen molar-refractivity contribution >= 4 is 27.7 Å². The van der Waals surface area contributed by atoms with Gasteiger partial charge < -0.3 is 5.32 Å². The number of anilines is 1. The highest BCUT2D eigenvalue weighted by atomic mass is 32.5. The van der Waals surface area contributed by atoms with Gasteiger partial charge in [0.1, 0.15) is 22.8 Å². The third kappa shape index (κ3) is 7.58. The molecule has 2 fully saturated rings. The number of nitrogens with zero attached hydrogens (tertiary/aromatic N) is 5. The number of hydrogen-bond acceptors (Lipinski definition) is 6. The minimum Gasteiger partial charge on any atom is -0.351 e. The second-order valence-electron chi connectivity index (χ2n) is 11.6. The van der Waals surface area contributed by atoms with E-state index >= 15 is 0 Å². The van der Waals surface area contributed by atoms with Crippen molar-refractivity contribution in [3.8, 4) is 6.19 Å². The summed E-state index contributed by atoms with van der Waals surface area (Å²) < 4.78 is 110. The number of benzene rings is 1. The van der Waals surface area contributed by atoms with Crippen molar-refractivity contribution in [2.24, 2.45) is 0 Å². The summed E-state index contributed by atoms with van der Waals surface area (Å²) >= 11 is 0. The second-order valence-corrected chi connectivity index (χ2v) is 14.0. The number of halogens is 8. The van der Waals surface area contributed by atoms with E-state index in [-0.39, 0.29) is 43.5 Å². The Morgan fingerprint density at radius 3 is 2.26 bits per heavy atom. The Hall–Kier alpha value is -4.46. The highest BCUT2D eigenvalue weighted by Gasteiger charge is 2.65. The van der Waals surface area contributed by atoms with Crippen LogP contribution >= 0.6 is 10.2 Å². The van der Waals surface area contributed by atoms with E-state index in [0.29, 0.717) is 22.6 Å². The Labute approximate surface area is 264 Å². The van der Waals surface area contributed by atoms with Crippen LogP contribution in [0.5, 0.6) is 0 Å². The quantitative estimate of drug-likeness (QED) is 0.196. The van der Waals surface area contributed by atoms with Gasteiger partial charge in [0.05, 0.1) is 6.20 Å². The first-order valence-electron chi connectivity index (χ1n) is 14.4. The Balaban J connectivity index is 1.65. The van der Waals surface area contributed by atoms with E-state index < -0.39 is 81.2 Å². The van der Waals surface area contributed by atoms with Gasteiger partial charge in [0.25, 0.3) is 5.91 Å². The van der Waals surface area contributed by atoms with Crippen LogP contribution < -0.4 is 10.2 Å².